The molecule has 0 aliphatic carbocycles. The Bertz CT molecular complexity index is 547. The summed E-state index contributed by atoms with van der Waals surface area (Å²) in [5.74, 6) is 0. The second kappa shape index (κ2) is 4.80. The average Bonchev–Trinajstić information content (AvgIpc) is 2.39. The minimum absolute atomic E-state index is 0.673. The number of nitrogen functional groups attached to an aromatic ring is 1. The molecule has 0 fully saturated rings. The molecule has 6 N–H and O–H groups in total. The Balaban J connectivity index is 2.59. The van der Waals surface area contributed by atoms with E-state index in [0.717, 1.165) is 22.4 Å². The molecule has 0 bridgehead atoms. The van der Waals surface area contributed by atoms with Gasteiger partial charge < -0.3 is 17.2 Å². The van der Waals surface area contributed by atoms with Gasteiger partial charge in [-0.3, -0.25) is 0 Å². The Hall–Kier alpha value is -1.84. The maximum absolute atomic E-state index is 6.16. The van der Waals surface area contributed by atoms with Crippen LogP contribution in [0.1, 0.15) is 18.9 Å². The van der Waals surface area contributed by atoms with Crippen molar-refractivity contribution in [2.24, 2.45) is 11.5 Å². The maximum Gasteiger partial charge on any atom is 0.0902 e. The largest absolute Gasteiger partial charge is 0.399 e. The van der Waals surface area contributed by atoms with Gasteiger partial charge >= 0.3 is 0 Å². The molecule has 0 spiro atoms. The number of rotatable bonds is 3. The van der Waals surface area contributed by atoms with E-state index in [1.807, 2.05) is 55.5 Å². The van der Waals surface area contributed by atoms with Crippen molar-refractivity contribution in [1.29, 1.82) is 0 Å². The lowest BCUT2D eigenvalue weighted by Gasteiger charge is -2.26. The SMILES string of the molecule is CCC(N)(N)c1ccccc1-c1cccc(N)c1. The highest BCUT2D eigenvalue weighted by molar-refractivity contribution is 5.71. The molecule has 0 heterocycles. The van der Waals surface area contributed by atoms with Crippen molar-refractivity contribution >= 4 is 5.69 Å². The zero-order valence-corrected chi connectivity index (χ0v) is 10.6. The third kappa shape index (κ3) is 2.37. The molecule has 0 unspecified atom stereocenters. The van der Waals surface area contributed by atoms with Gasteiger partial charge in [-0.15, -0.1) is 0 Å². The van der Waals surface area contributed by atoms with Crippen molar-refractivity contribution in [2.75, 3.05) is 5.73 Å². The molecule has 0 saturated carbocycles. The van der Waals surface area contributed by atoms with Crippen LogP contribution >= 0.6 is 0 Å². The first kappa shape index (κ1) is 12.6. The topological polar surface area (TPSA) is 78.1 Å². The van der Waals surface area contributed by atoms with Gasteiger partial charge in [-0.25, -0.2) is 0 Å². The van der Waals surface area contributed by atoms with Crippen molar-refractivity contribution in [3.05, 3.63) is 54.1 Å². The molecule has 0 atom stereocenters. The van der Waals surface area contributed by atoms with Gasteiger partial charge in [0.15, 0.2) is 0 Å². The Morgan fingerprint density at radius 3 is 2.39 bits per heavy atom. The first-order chi connectivity index (χ1) is 8.54. The van der Waals surface area contributed by atoms with Crippen LogP contribution in [0.2, 0.25) is 0 Å². The Kier molecular flexibility index (Phi) is 3.36. The van der Waals surface area contributed by atoms with Crippen LogP contribution in [0, 0.1) is 0 Å². The highest BCUT2D eigenvalue weighted by atomic mass is 14.9. The maximum atomic E-state index is 6.16. The van der Waals surface area contributed by atoms with Gasteiger partial charge in [-0.05, 0) is 35.2 Å². The summed E-state index contributed by atoms with van der Waals surface area (Å²) in [5, 5.41) is 0. The molecule has 0 saturated heterocycles. The lowest BCUT2D eigenvalue weighted by molar-refractivity contribution is 0.449. The Labute approximate surface area is 108 Å². The molecule has 0 aliphatic heterocycles. The molecule has 0 amide bonds. The van der Waals surface area contributed by atoms with Gasteiger partial charge in [0.2, 0.25) is 0 Å². The van der Waals surface area contributed by atoms with Crippen LogP contribution in [0.25, 0.3) is 11.1 Å². The van der Waals surface area contributed by atoms with E-state index < -0.39 is 5.66 Å². The molecule has 94 valence electrons. The van der Waals surface area contributed by atoms with Crippen LogP contribution in [0.5, 0.6) is 0 Å². The number of benzene rings is 2. The van der Waals surface area contributed by atoms with E-state index in [0.29, 0.717) is 6.42 Å². The van der Waals surface area contributed by atoms with E-state index in [-0.39, 0.29) is 0 Å². The Morgan fingerprint density at radius 1 is 1.00 bits per heavy atom. The minimum Gasteiger partial charge on any atom is -0.399 e. The molecule has 3 nitrogen and oxygen atoms in total. The predicted octanol–water partition coefficient (Wildman–Crippen LogP) is 2.42. The van der Waals surface area contributed by atoms with Crippen LogP contribution in [-0.4, -0.2) is 0 Å². The lowest BCUT2D eigenvalue weighted by atomic mass is 9.90. The number of hydrogen-bond donors (Lipinski definition) is 3. The van der Waals surface area contributed by atoms with Gasteiger partial charge in [0.05, 0.1) is 5.66 Å². The van der Waals surface area contributed by atoms with Crippen molar-refractivity contribution in [3.8, 4) is 11.1 Å². The smallest absolute Gasteiger partial charge is 0.0902 e. The third-order valence-corrected chi connectivity index (χ3v) is 3.21. The summed E-state index contributed by atoms with van der Waals surface area (Å²) in [6.07, 6.45) is 0.673. The van der Waals surface area contributed by atoms with Crippen molar-refractivity contribution in [2.45, 2.75) is 19.0 Å². The van der Waals surface area contributed by atoms with E-state index in [2.05, 4.69) is 0 Å². The normalized spacial score (nSPS) is 11.5. The quantitative estimate of drug-likeness (QED) is 0.570. The van der Waals surface area contributed by atoms with E-state index >= 15 is 0 Å². The first-order valence-electron chi connectivity index (χ1n) is 6.08. The summed E-state index contributed by atoms with van der Waals surface area (Å²) in [7, 11) is 0. The first-order valence-corrected chi connectivity index (χ1v) is 6.08. The second-order valence-corrected chi connectivity index (χ2v) is 4.56. The number of anilines is 1. The van der Waals surface area contributed by atoms with E-state index in [1.165, 1.54) is 0 Å². The van der Waals surface area contributed by atoms with Gasteiger partial charge in [-0.1, -0.05) is 43.3 Å². The number of hydrogen-bond acceptors (Lipinski definition) is 3. The highest BCUT2D eigenvalue weighted by Crippen LogP contribution is 2.30. The fourth-order valence-electron chi connectivity index (χ4n) is 2.04. The summed E-state index contributed by atoms with van der Waals surface area (Å²) < 4.78 is 0. The predicted molar refractivity (Wildman–Crippen MR) is 76.6 cm³/mol. The van der Waals surface area contributed by atoms with Crippen LogP contribution in [0.4, 0.5) is 5.69 Å². The van der Waals surface area contributed by atoms with Crippen LogP contribution in [0.3, 0.4) is 0 Å². The van der Waals surface area contributed by atoms with Crippen molar-refractivity contribution in [3.63, 3.8) is 0 Å². The van der Waals surface area contributed by atoms with E-state index in [9.17, 15) is 0 Å². The van der Waals surface area contributed by atoms with Gasteiger partial charge in [0, 0.05) is 5.69 Å². The fourth-order valence-corrected chi connectivity index (χ4v) is 2.04. The minimum atomic E-state index is -0.818. The number of nitrogens with two attached hydrogens (primary N) is 3. The monoisotopic (exact) mass is 241 g/mol. The Morgan fingerprint density at radius 2 is 1.72 bits per heavy atom. The molecule has 18 heavy (non-hydrogen) atoms. The van der Waals surface area contributed by atoms with Crippen LogP contribution in [-0.2, 0) is 5.66 Å². The molecule has 0 aliphatic rings. The second-order valence-electron chi connectivity index (χ2n) is 4.56. The summed E-state index contributed by atoms with van der Waals surface area (Å²) in [6, 6.07) is 15.7. The third-order valence-electron chi connectivity index (χ3n) is 3.21. The lowest BCUT2D eigenvalue weighted by Crippen LogP contribution is -2.45. The zero-order chi connectivity index (χ0) is 13.2. The van der Waals surface area contributed by atoms with E-state index in [1.54, 1.807) is 0 Å². The van der Waals surface area contributed by atoms with Gasteiger partial charge in [0.1, 0.15) is 0 Å². The molecule has 2 aromatic rings. The summed E-state index contributed by atoms with van der Waals surface area (Å²) >= 11 is 0. The van der Waals surface area contributed by atoms with Gasteiger partial charge in [0.25, 0.3) is 0 Å². The van der Waals surface area contributed by atoms with Crippen molar-refractivity contribution < 1.29 is 0 Å². The molecular weight excluding hydrogens is 222 g/mol. The summed E-state index contributed by atoms with van der Waals surface area (Å²) in [5.41, 5.74) is 21.1. The molecule has 3 heteroatoms. The average molecular weight is 241 g/mol. The van der Waals surface area contributed by atoms with Gasteiger partial charge in [-0.2, -0.15) is 0 Å². The van der Waals surface area contributed by atoms with E-state index in [4.69, 9.17) is 17.2 Å². The van der Waals surface area contributed by atoms with Crippen LogP contribution in [0.15, 0.2) is 48.5 Å². The zero-order valence-electron chi connectivity index (χ0n) is 10.6. The standard InChI is InChI=1S/C15H19N3/c1-2-15(17,18)14-9-4-3-8-13(14)11-6-5-7-12(16)10-11/h3-10H,2,16-18H2,1H3. The summed E-state index contributed by atoms with van der Waals surface area (Å²) in [4.78, 5) is 0. The molecule has 2 aromatic carbocycles. The molecule has 0 radical (unpaired) electrons. The fraction of sp³-hybridized carbons (Fsp3) is 0.200. The van der Waals surface area contributed by atoms with Crippen molar-refractivity contribution in [1.82, 2.24) is 0 Å². The van der Waals surface area contributed by atoms with Crippen LogP contribution < -0.4 is 17.2 Å². The highest BCUT2D eigenvalue weighted by Gasteiger charge is 2.22. The molecule has 2 rings (SSSR count). The molecule has 0 aromatic heterocycles. The molecular formula is C15H19N3. The summed E-state index contributed by atoms with van der Waals surface area (Å²) in [6.45, 7) is 1.98.